The first kappa shape index (κ1) is 28.7. The van der Waals surface area contributed by atoms with Crippen LogP contribution in [0, 0.1) is 0 Å². The monoisotopic (exact) mass is 530 g/mol. The molecule has 0 saturated carbocycles. The van der Waals surface area contributed by atoms with Gasteiger partial charge in [-0.25, -0.2) is 14.4 Å². The highest BCUT2D eigenvalue weighted by molar-refractivity contribution is 5.91. The predicted octanol–water partition coefficient (Wildman–Crippen LogP) is 5.81. The van der Waals surface area contributed by atoms with Gasteiger partial charge in [-0.15, -0.1) is 0 Å². The number of methoxy groups -OCH3 is 1. The molecule has 0 atom stereocenters. The summed E-state index contributed by atoms with van der Waals surface area (Å²) >= 11 is 0. The maximum Gasteiger partial charge on any atom is 0.343 e. The lowest BCUT2D eigenvalue weighted by Crippen LogP contribution is -2.09. The molecule has 0 saturated heterocycles. The van der Waals surface area contributed by atoms with Crippen LogP contribution in [0.1, 0.15) is 35.2 Å². The van der Waals surface area contributed by atoms with Crippen molar-refractivity contribution in [3.8, 4) is 23.0 Å². The van der Waals surface area contributed by atoms with Crippen LogP contribution in [0.25, 0.3) is 6.08 Å². The zero-order chi connectivity index (χ0) is 27.9. The molecule has 202 valence electrons. The van der Waals surface area contributed by atoms with E-state index in [1.807, 2.05) is 12.1 Å². The second-order valence-electron chi connectivity index (χ2n) is 8.19. The Morgan fingerprint density at radius 3 is 1.92 bits per heavy atom. The average Bonchev–Trinajstić information content (AvgIpc) is 2.97. The highest BCUT2D eigenvalue weighted by atomic mass is 16.5. The van der Waals surface area contributed by atoms with Gasteiger partial charge in [0.1, 0.15) is 23.0 Å². The molecule has 8 heteroatoms. The van der Waals surface area contributed by atoms with E-state index in [1.54, 1.807) is 73.8 Å². The van der Waals surface area contributed by atoms with Crippen LogP contribution in [0.2, 0.25) is 0 Å². The molecule has 0 heterocycles. The van der Waals surface area contributed by atoms with Crippen LogP contribution in [0.3, 0.4) is 0 Å². The Bertz CT molecular complexity index is 1260. The van der Waals surface area contributed by atoms with Gasteiger partial charge in [0.25, 0.3) is 0 Å². The summed E-state index contributed by atoms with van der Waals surface area (Å²) in [5.41, 5.74) is 1.20. The second-order valence-corrected chi connectivity index (χ2v) is 8.19. The van der Waals surface area contributed by atoms with Gasteiger partial charge in [-0.05, 0) is 91.6 Å². The first-order chi connectivity index (χ1) is 19.0. The molecule has 0 N–H and O–H groups in total. The highest BCUT2D eigenvalue weighted by Crippen LogP contribution is 2.20. The molecule has 3 aromatic carbocycles. The molecule has 0 spiro atoms. The first-order valence-corrected chi connectivity index (χ1v) is 12.3. The summed E-state index contributed by atoms with van der Waals surface area (Å²) in [6.45, 7) is 4.21. The van der Waals surface area contributed by atoms with Crippen LogP contribution < -0.4 is 18.9 Å². The van der Waals surface area contributed by atoms with Gasteiger partial charge in [0, 0.05) is 12.2 Å². The second kappa shape index (κ2) is 15.4. The quantitative estimate of drug-likeness (QED) is 0.111. The van der Waals surface area contributed by atoms with E-state index in [2.05, 4.69) is 6.58 Å². The van der Waals surface area contributed by atoms with Crippen LogP contribution >= 0.6 is 0 Å². The minimum Gasteiger partial charge on any atom is -0.497 e. The van der Waals surface area contributed by atoms with E-state index in [1.165, 1.54) is 6.08 Å². The normalized spacial score (nSPS) is 10.5. The number of carbonyl (C=O) groups is 3. The number of esters is 3. The molecular formula is C31H30O8. The predicted molar refractivity (Wildman–Crippen MR) is 146 cm³/mol. The van der Waals surface area contributed by atoms with Crippen molar-refractivity contribution in [1.29, 1.82) is 0 Å². The molecule has 0 unspecified atom stereocenters. The van der Waals surface area contributed by atoms with Crippen molar-refractivity contribution in [3.63, 3.8) is 0 Å². The third kappa shape index (κ3) is 10.2. The lowest BCUT2D eigenvalue weighted by atomic mass is 10.2. The maximum absolute atomic E-state index is 12.5. The van der Waals surface area contributed by atoms with Gasteiger partial charge in [0.05, 0.1) is 25.9 Å². The number of hydrogen-bond donors (Lipinski definition) is 0. The van der Waals surface area contributed by atoms with Gasteiger partial charge in [0.15, 0.2) is 0 Å². The van der Waals surface area contributed by atoms with Crippen molar-refractivity contribution in [2.45, 2.75) is 19.3 Å². The van der Waals surface area contributed by atoms with Gasteiger partial charge in [-0.1, -0.05) is 18.7 Å². The highest BCUT2D eigenvalue weighted by Gasteiger charge is 2.10. The van der Waals surface area contributed by atoms with Crippen molar-refractivity contribution in [1.82, 2.24) is 0 Å². The van der Waals surface area contributed by atoms with E-state index in [9.17, 15) is 14.4 Å². The zero-order valence-electron chi connectivity index (χ0n) is 21.7. The van der Waals surface area contributed by atoms with Crippen LogP contribution in [0.5, 0.6) is 23.0 Å². The smallest absolute Gasteiger partial charge is 0.343 e. The molecule has 39 heavy (non-hydrogen) atoms. The van der Waals surface area contributed by atoms with Crippen LogP contribution in [-0.4, -0.2) is 38.2 Å². The number of benzene rings is 3. The third-order valence-corrected chi connectivity index (χ3v) is 5.34. The molecule has 0 bridgehead atoms. The first-order valence-electron chi connectivity index (χ1n) is 12.3. The number of hydrogen-bond acceptors (Lipinski definition) is 8. The summed E-state index contributed by atoms with van der Waals surface area (Å²) in [7, 11) is 1.59. The summed E-state index contributed by atoms with van der Waals surface area (Å²) in [5.74, 6) is 0.516. The van der Waals surface area contributed by atoms with Gasteiger partial charge in [-0.2, -0.15) is 0 Å². The largest absolute Gasteiger partial charge is 0.497 e. The van der Waals surface area contributed by atoms with E-state index in [-0.39, 0.29) is 0 Å². The fourth-order valence-electron chi connectivity index (χ4n) is 3.26. The van der Waals surface area contributed by atoms with E-state index in [0.717, 1.165) is 36.7 Å². The fourth-order valence-corrected chi connectivity index (χ4v) is 3.26. The van der Waals surface area contributed by atoms with Crippen molar-refractivity contribution in [2.75, 3.05) is 20.3 Å². The summed E-state index contributed by atoms with van der Waals surface area (Å²) < 4.78 is 26.4. The minimum atomic E-state index is -0.535. The van der Waals surface area contributed by atoms with Gasteiger partial charge >= 0.3 is 17.9 Å². The fraction of sp³-hybridized carbons (Fsp3) is 0.194. The Kier molecular flexibility index (Phi) is 11.3. The number of rotatable bonds is 14. The van der Waals surface area contributed by atoms with Gasteiger partial charge < -0.3 is 23.7 Å². The Labute approximate surface area is 227 Å². The standard InChI is InChI=1S/C31H30O8/c1-3-29(32)37-22-6-4-5-21-36-26-14-10-24(11-15-26)31(34)39-28-18-16-27(17-19-28)38-30(33)20-9-23-7-12-25(35-2)13-8-23/h3,7-20H,1,4-6,21-22H2,2H3. The van der Waals surface area contributed by atoms with E-state index < -0.39 is 17.9 Å². The Morgan fingerprint density at radius 1 is 0.692 bits per heavy atom. The van der Waals surface area contributed by atoms with E-state index in [0.29, 0.717) is 36.0 Å². The Hall–Kier alpha value is -4.85. The molecule has 0 radical (unpaired) electrons. The third-order valence-electron chi connectivity index (χ3n) is 5.34. The Morgan fingerprint density at radius 2 is 1.28 bits per heavy atom. The Balaban J connectivity index is 1.39. The summed E-state index contributed by atoms with van der Waals surface area (Å²) in [6, 6.07) is 20.1. The van der Waals surface area contributed by atoms with Crippen LogP contribution in [0.4, 0.5) is 0 Å². The molecular weight excluding hydrogens is 500 g/mol. The van der Waals surface area contributed by atoms with Crippen LogP contribution in [-0.2, 0) is 14.3 Å². The molecule has 0 aromatic heterocycles. The van der Waals surface area contributed by atoms with Gasteiger partial charge in [0.2, 0.25) is 0 Å². The van der Waals surface area contributed by atoms with Gasteiger partial charge in [-0.3, -0.25) is 0 Å². The zero-order valence-corrected chi connectivity index (χ0v) is 21.7. The molecule has 8 nitrogen and oxygen atoms in total. The number of unbranched alkanes of at least 4 members (excludes halogenated alkanes) is 2. The molecule has 0 amide bonds. The minimum absolute atomic E-state index is 0.313. The van der Waals surface area contributed by atoms with E-state index >= 15 is 0 Å². The average molecular weight is 531 g/mol. The molecule has 3 rings (SSSR count). The summed E-state index contributed by atoms with van der Waals surface area (Å²) in [5, 5.41) is 0. The topological polar surface area (TPSA) is 97.4 Å². The molecule has 0 aliphatic rings. The van der Waals surface area contributed by atoms with Crippen molar-refractivity contribution < 1.29 is 38.1 Å². The lowest BCUT2D eigenvalue weighted by molar-refractivity contribution is -0.137. The van der Waals surface area contributed by atoms with Crippen molar-refractivity contribution in [2.24, 2.45) is 0 Å². The number of ether oxygens (including phenoxy) is 5. The summed E-state index contributed by atoms with van der Waals surface area (Å²) in [6.07, 6.45) is 6.52. The maximum atomic E-state index is 12.5. The van der Waals surface area contributed by atoms with Crippen LogP contribution in [0.15, 0.2) is 91.5 Å². The molecule has 3 aromatic rings. The number of carbonyl (C=O) groups excluding carboxylic acids is 3. The van der Waals surface area contributed by atoms with Crippen molar-refractivity contribution >= 4 is 24.0 Å². The molecule has 0 aliphatic carbocycles. The van der Waals surface area contributed by atoms with E-state index in [4.69, 9.17) is 23.7 Å². The SMILES string of the molecule is C=CC(=O)OCCCCCOc1ccc(C(=O)Oc2ccc(OC(=O)C=Cc3ccc(OC)cc3)cc2)cc1. The molecule has 0 fully saturated rings. The lowest BCUT2D eigenvalue weighted by Gasteiger charge is -2.08. The van der Waals surface area contributed by atoms with Crippen molar-refractivity contribution in [3.05, 3.63) is 103 Å². The molecule has 0 aliphatic heterocycles. The summed E-state index contributed by atoms with van der Waals surface area (Å²) in [4.78, 5) is 35.5.